The van der Waals surface area contributed by atoms with E-state index in [1.807, 2.05) is 0 Å². The predicted octanol–water partition coefficient (Wildman–Crippen LogP) is 1.59. The molecule has 0 aromatic rings. The van der Waals surface area contributed by atoms with Crippen molar-refractivity contribution in [1.82, 2.24) is 0 Å². The van der Waals surface area contributed by atoms with Gasteiger partial charge in [0.15, 0.2) is 0 Å². The van der Waals surface area contributed by atoms with E-state index in [0.29, 0.717) is 13.0 Å². The number of ether oxygens (including phenoxy) is 2. The van der Waals surface area contributed by atoms with E-state index in [0.717, 1.165) is 12.8 Å². The van der Waals surface area contributed by atoms with Crippen molar-refractivity contribution in [2.45, 2.75) is 63.9 Å². The summed E-state index contributed by atoms with van der Waals surface area (Å²) < 4.78 is 11.4. The topological polar surface area (TPSA) is 68.3 Å². The number of nitrogens with two attached hydrogens (primary N) is 1. The van der Waals surface area contributed by atoms with Crippen LogP contribution in [0.3, 0.4) is 0 Å². The third-order valence-electron chi connectivity index (χ3n) is 2.88. The van der Waals surface area contributed by atoms with Crippen molar-refractivity contribution < 1.29 is 9.47 Å². The van der Waals surface area contributed by atoms with Crippen molar-refractivity contribution in [3.8, 4) is 6.07 Å². The summed E-state index contributed by atoms with van der Waals surface area (Å²) in [7, 11) is 0. The van der Waals surface area contributed by atoms with Gasteiger partial charge >= 0.3 is 0 Å². The van der Waals surface area contributed by atoms with E-state index in [9.17, 15) is 0 Å². The first kappa shape index (κ1) is 13.4. The van der Waals surface area contributed by atoms with Crippen LogP contribution in [0, 0.1) is 11.3 Å². The van der Waals surface area contributed by atoms with Gasteiger partial charge in [0.2, 0.25) is 0 Å². The van der Waals surface area contributed by atoms with Gasteiger partial charge in [0, 0.05) is 13.0 Å². The van der Waals surface area contributed by atoms with Gasteiger partial charge in [-0.2, -0.15) is 5.26 Å². The van der Waals surface area contributed by atoms with Crippen LogP contribution in [0.1, 0.15) is 40.0 Å². The molecule has 3 unspecified atom stereocenters. The lowest BCUT2D eigenvalue weighted by Crippen LogP contribution is -2.38. The lowest BCUT2D eigenvalue weighted by atomic mass is 10.0. The quantitative estimate of drug-likeness (QED) is 0.790. The highest BCUT2D eigenvalue weighted by Crippen LogP contribution is 2.22. The van der Waals surface area contributed by atoms with Crippen LogP contribution in [0.5, 0.6) is 0 Å². The fourth-order valence-corrected chi connectivity index (χ4v) is 1.97. The minimum atomic E-state index is -0.775. The van der Waals surface area contributed by atoms with E-state index >= 15 is 0 Å². The van der Waals surface area contributed by atoms with E-state index in [4.69, 9.17) is 20.5 Å². The van der Waals surface area contributed by atoms with E-state index in [1.165, 1.54) is 0 Å². The van der Waals surface area contributed by atoms with Crippen LogP contribution in [-0.4, -0.2) is 30.5 Å². The molecule has 0 saturated carbocycles. The van der Waals surface area contributed by atoms with Crippen LogP contribution in [0.25, 0.3) is 0 Å². The number of rotatable bonds is 4. The van der Waals surface area contributed by atoms with Gasteiger partial charge in [-0.25, -0.2) is 0 Å². The predicted molar refractivity (Wildman–Crippen MR) is 61.8 cm³/mol. The molecular formula is C12H22N2O2. The van der Waals surface area contributed by atoms with Gasteiger partial charge in [-0.15, -0.1) is 0 Å². The largest absolute Gasteiger partial charge is 0.378 e. The van der Waals surface area contributed by atoms with Gasteiger partial charge in [-0.05, 0) is 33.6 Å². The summed E-state index contributed by atoms with van der Waals surface area (Å²) in [4.78, 5) is 0. The summed E-state index contributed by atoms with van der Waals surface area (Å²) in [6.45, 7) is 6.40. The smallest absolute Gasteiger partial charge is 0.103 e. The van der Waals surface area contributed by atoms with Crippen LogP contribution in [-0.2, 0) is 9.47 Å². The summed E-state index contributed by atoms with van der Waals surface area (Å²) in [5.74, 6) is 0. The first-order chi connectivity index (χ1) is 7.43. The van der Waals surface area contributed by atoms with Gasteiger partial charge in [-0.1, -0.05) is 0 Å². The monoisotopic (exact) mass is 226 g/mol. The average molecular weight is 226 g/mol. The highest BCUT2D eigenvalue weighted by atomic mass is 16.5. The molecule has 0 aromatic carbocycles. The molecule has 2 N–H and O–H groups in total. The minimum Gasteiger partial charge on any atom is -0.378 e. The molecular weight excluding hydrogens is 204 g/mol. The SMILES string of the molecule is CC1CC(OCCC(C)(N)C#N)CC(C)O1. The van der Waals surface area contributed by atoms with E-state index in [1.54, 1.807) is 6.92 Å². The second kappa shape index (κ2) is 5.62. The first-order valence-corrected chi connectivity index (χ1v) is 5.90. The maximum absolute atomic E-state index is 8.76. The molecule has 4 heteroatoms. The Morgan fingerprint density at radius 2 is 2.00 bits per heavy atom. The van der Waals surface area contributed by atoms with E-state index in [2.05, 4.69) is 19.9 Å². The number of nitriles is 1. The Bertz CT molecular complexity index is 250. The first-order valence-electron chi connectivity index (χ1n) is 5.90. The van der Waals surface area contributed by atoms with Crippen molar-refractivity contribution in [3.63, 3.8) is 0 Å². The lowest BCUT2D eigenvalue weighted by molar-refractivity contribution is -0.103. The van der Waals surface area contributed by atoms with Crippen LogP contribution < -0.4 is 5.73 Å². The number of hydrogen-bond donors (Lipinski definition) is 1. The van der Waals surface area contributed by atoms with Gasteiger partial charge in [0.1, 0.15) is 5.54 Å². The zero-order valence-electron chi connectivity index (χ0n) is 10.4. The maximum atomic E-state index is 8.76. The molecule has 1 aliphatic heterocycles. The Morgan fingerprint density at radius 3 is 2.50 bits per heavy atom. The average Bonchev–Trinajstić information content (AvgIpc) is 2.16. The highest BCUT2D eigenvalue weighted by molar-refractivity contribution is 5.00. The summed E-state index contributed by atoms with van der Waals surface area (Å²) in [6, 6.07) is 2.07. The molecule has 1 rings (SSSR count). The zero-order chi connectivity index (χ0) is 12.2. The van der Waals surface area contributed by atoms with Crippen LogP contribution >= 0.6 is 0 Å². The van der Waals surface area contributed by atoms with Crippen LogP contribution in [0.2, 0.25) is 0 Å². The molecule has 3 atom stereocenters. The van der Waals surface area contributed by atoms with Gasteiger partial charge in [0.05, 0.1) is 24.4 Å². The highest BCUT2D eigenvalue weighted by Gasteiger charge is 2.25. The summed E-state index contributed by atoms with van der Waals surface area (Å²) in [5.41, 5.74) is 4.95. The fraction of sp³-hybridized carbons (Fsp3) is 0.917. The second-order valence-electron chi connectivity index (χ2n) is 5.00. The molecule has 4 nitrogen and oxygen atoms in total. The van der Waals surface area contributed by atoms with Crippen LogP contribution in [0.15, 0.2) is 0 Å². The molecule has 0 bridgehead atoms. The molecule has 0 amide bonds. The summed E-state index contributed by atoms with van der Waals surface area (Å²) in [5, 5.41) is 8.76. The van der Waals surface area contributed by atoms with E-state index in [-0.39, 0.29) is 18.3 Å². The number of nitrogens with zero attached hydrogens (tertiary/aromatic N) is 1. The van der Waals surface area contributed by atoms with Crippen molar-refractivity contribution in [2.75, 3.05) is 6.61 Å². The Morgan fingerprint density at radius 1 is 1.44 bits per heavy atom. The Hall–Kier alpha value is -0.630. The van der Waals surface area contributed by atoms with Crippen molar-refractivity contribution in [1.29, 1.82) is 5.26 Å². The van der Waals surface area contributed by atoms with Crippen molar-refractivity contribution >= 4 is 0 Å². The molecule has 92 valence electrons. The standard InChI is InChI=1S/C12H22N2O2/c1-9-6-11(7-10(2)16-9)15-5-4-12(3,14)8-13/h9-11H,4-7,14H2,1-3H3. The Kier molecular flexibility index (Phi) is 4.72. The van der Waals surface area contributed by atoms with Gasteiger partial charge in [-0.3, -0.25) is 0 Å². The zero-order valence-corrected chi connectivity index (χ0v) is 10.4. The Labute approximate surface area is 97.7 Å². The molecule has 16 heavy (non-hydrogen) atoms. The van der Waals surface area contributed by atoms with Crippen molar-refractivity contribution in [3.05, 3.63) is 0 Å². The summed E-state index contributed by atoms with van der Waals surface area (Å²) >= 11 is 0. The van der Waals surface area contributed by atoms with Gasteiger partial charge in [0.25, 0.3) is 0 Å². The normalized spacial score (nSPS) is 34.1. The Balaban J connectivity index is 2.25. The molecule has 1 heterocycles. The third-order valence-corrected chi connectivity index (χ3v) is 2.88. The molecule has 0 radical (unpaired) electrons. The molecule has 1 fully saturated rings. The van der Waals surface area contributed by atoms with Gasteiger partial charge < -0.3 is 15.2 Å². The van der Waals surface area contributed by atoms with Crippen LogP contribution in [0.4, 0.5) is 0 Å². The third kappa shape index (κ3) is 4.48. The molecule has 0 spiro atoms. The molecule has 0 aromatic heterocycles. The molecule has 1 saturated heterocycles. The summed E-state index contributed by atoms with van der Waals surface area (Å²) in [6.07, 6.45) is 3.19. The molecule has 0 aliphatic carbocycles. The minimum absolute atomic E-state index is 0.244. The van der Waals surface area contributed by atoms with E-state index < -0.39 is 5.54 Å². The fourth-order valence-electron chi connectivity index (χ4n) is 1.97. The maximum Gasteiger partial charge on any atom is 0.103 e. The number of hydrogen-bond acceptors (Lipinski definition) is 4. The lowest BCUT2D eigenvalue weighted by Gasteiger charge is -2.32. The van der Waals surface area contributed by atoms with Crippen molar-refractivity contribution in [2.24, 2.45) is 5.73 Å². The molecule has 1 aliphatic rings. The second-order valence-corrected chi connectivity index (χ2v) is 5.00.